The second kappa shape index (κ2) is 7.24. The highest BCUT2D eigenvalue weighted by Crippen LogP contribution is 2.35. The van der Waals surface area contributed by atoms with Gasteiger partial charge in [-0.25, -0.2) is 0 Å². The van der Waals surface area contributed by atoms with E-state index >= 15 is 0 Å². The van der Waals surface area contributed by atoms with Gasteiger partial charge < -0.3 is 10.6 Å². The van der Waals surface area contributed by atoms with Crippen molar-refractivity contribution in [1.29, 1.82) is 0 Å². The van der Waals surface area contributed by atoms with Gasteiger partial charge in [0.1, 0.15) is 0 Å². The summed E-state index contributed by atoms with van der Waals surface area (Å²) in [5.74, 6) is 0.739. The maximum Gasteiger partial charge on any atom is 0.0359 e. The quantitative estimate of drug-likeness (QED) is 0.812. The standard InChI is InChI=1S/C17H35N3/c1-4-19-11-9-17(14-18,10-12-19)20(13-15(2)3)16-7-5-6-8-16/h15-16H,4-14,18H2,1-3H3. The van der Waals surface area contributed by atoms with E-state index in [1.807, 2.05) is 0 Å². The molecule has 1 heterocycles. The van der Waals surface area contributed by atoms with Crippen LogP contribution in [0.2, 0.25) is 0 Å². The van der Waals surface area contributed by atoms with Gasteiger partial charge in [0, 0.05) is 24.7 Å². The Morgan fingerprint density at radius 1 is 1.20 bits per heavy atom. The van der Waals surface area contributed by atoms with Crippen LogP contribution >= 0.6 is 0 Å². The summed E-state index contributed by atoms with van der Waals surface area (Å²) in [6.45, 7) is 12.7. The maximum atomic E-state index is 6.31. The molecule has 0 unspecified atom stereocenters. The first kappa shape index (κ1) is 16.3. The van der Waals surface area contributed by atoms with Crippen LogP contribution in [0.15, 0.2) is 0 Å². The predicted molar refractivity (Wildman–Crippen MR) is 86.9 cm³/mol. The first-order chi connectivity index (χ1) is 9.61. The zero-order valence-corrected chi connectivity index (χ0v) is 13.9. The Hall–Kier alpha value is -0.120. The molecule has 2 aliphatic rings. The Labute approximate surface area is 125 Å². The average Bonchev–Trinajstić information content (AvgIpc) is 2.98. The predicted octanol–water partition coefficient (Wildman–Crippen LogP) is 2.70. The van der Waals surface area contributed by atoms with Crippen molar-refractivity contribution in [2.75, 3.05) is 32.7 Å². The summed E-state index contributed by atoms with van der Waals surface area (Å²) in [6.07, 6.45) is 8.15. The summed E-state index contributed by atoms with van der Waals surface area (Å²) in [4.78, 5) is 5.42. The number of nitrogens with zero attached hydrogens (tertiary/aromatic N) is 2. The number of nitrogens with two attached hydrogens (primary N) is 1. The molecule has 0 atom stereocenters. The highest BCUT2D eigenvalue weighted by atomic mass is 15.3. The molecule has 1 saturated heterocycles. The summed E-state index contributed by atoms with van der Waals surface area (Å²) < 4.78 is 0. The lowest BCUT2D eigenvalue weighted by Gasteiger charge is -2.51. The van der Waals surface area contributed by atoms with Gasteiger partial charge in [-0.3, -0.25) is 4.90 Å². The fraction of sp³-hybridized carbons (Fsp3) is 1.00. The van der Waals surface area contributed by atoms with Crippen molar-refractivity contribution >= 4 is 0 Å². The molecular formula is C17H35N3. The van der Waals surface area contributed by atoms with Crippen LogP contribution in [0.1, 0.15) is 59.3 Å². The third kappa shape index (κ3) is 3.55. The highest BCUT2D eigenvalue weighted by Gasteiger charge is 2.42. The Kier molecular flexibility index (Phi) is 5.88. The normalized spacial score (nSPS) is 24.9. The molecule has 0 radical (unpaired) electrons. The van der Waals surface area contributed by atoms with Crippen molar-refractivity contribution in [3.8, 4) is 0 Å². The molecule has 0 aromatic heterocycles. The van der Waals surface area contributed by atoms with Crippen molar-refractivity contribution in [2.24, 2.45) is 11.7 Å². The van der Waals surface area contributed by atoms with Crippen molar-refractivity contribution in [2.45, 2.75) is 70.9 Å². The van der Waals surface area contributed by atoms with Gasteiger partial charge in [0.15, 0.2) is 0 Å². The van der Waals surface area contributed by atoms with E-state index in [0.717, 1.165) is 18.5 Å². The van der Waals surface area contributed by atoms with Gasteiger partial charge in [0.25, 0.3) is 0 Å². The van der Waals surface area contributed by atoms with Crippen LogP contribution in [0.5, 0.6) is 0 Å². The smallest absolute Gasteiger partial charge is 0.0359 e. The highest BCUT2D eigenvalue weighted by molar-refractivity contribution is 4.99. The van der Waals surface area contributed by atoms with E-state index in [2.05, 4.69) is 30.6 Å². The lowest BCUT2D eigenvalue weighted by Crippen LogP contribution is -2.62. The van der Waals surface area contributed by atoms with Crippen LogP contribution in [0.25, 0.3) is 0 Å². The summed E-state index contributed by atoms with van der Waals surface area (Å²) >= 11 is 0. The summed E-state index contributed by atoms with van der Waals surface area (Å²) in [5.41, 5.74) is 6.59. The second-order valence-electron chi connectivity index (χ2n) is 7.35. The third-order valence-corrected chi connectivity index (χ3v) is 5.55. The van der Waals surface area contributed by atoms with Gasteiger partial charge in [-0.2, -0.15) is 0 Å². The Bertz CT molecular complexity index is 276. The maximum absolute atomic E-state index is 6.31. The van der Waals surface area contributed by atoms with Gasteiger partial charge in [-0.15, -0.1) is 0 Å². The van der Waals surface area contributed by atoms with Crippen LogP contribution < -0.4 is 5.73 Å². The molecule has 1 aliphatic carbocycles. The Morgan fingerprint density at radius 3 is 2.25 bits per heavy atom. The molecule has 0 aromatic carbocycles. The van der Waals surface area contributed by atoms with Gasteiger partial charge in [-0.1, -0.05) is 33.6 Å². The molecule has 2 rings (SSSR count). The van der Waals surface area contributed by atoms with Crippen molar-refractivity contribution < 1.29 is 0 Å². The van der Waals surface area contributed by atoms with E-state index in [0.29, 0.717) is 0 Å². The first-order valence-electron chi connectivity index (χ1n) is 8.80. The molecule has 1 saturated carbocycles. The summed E-state index contributed by atoms with van der Waals surface area (Å²) in [6, 6.07) is 0.800. The van der Waals surface area contributed by atoms with Crippen molar-refractivity contribution in [3.05, 3.63) is 0 Å². The number of piperidine rings is 1. The number of likely N-dealkylation sites (tertiary alicyclic amines) is 1. The van der Waals surface area contributed by atoms with Crippen LogP contribution in [0.4, 0.5) is 0 Å². The minimum atomic E-state index is 0.283. The van der Waals surface area contributed by atoms with Gasteiger partial charge in [0.2, 0.25) is 0 Å². The zero-order valence-electron chi connectivity index (χ0n) is 13.9. The fourth-order valence-electron chi connectivity index (χ4n) is 4.23. The van der Waals surface area contributed by atoms with Crippen LogP contribution in [0, 0.1) is 5.92 Å². The minimum Gasteiger partial charge on any atom is -0.329 e. The second-order valence-corrected chi connectivity index (χ2v) is 7.35. The molecule has 0 spiro atoms. The Morgan fingerprint density at radius 2 is 1.80 bits per heavy atom. The number of hydrogen-bond acceptors (Lipinski definition) is 3. The van der Waals surface area contributed by atoms with Gasteiger partial charge in [0.05, 0.1) is 0 Å². The summed E-state index contributed by atoms with van der Waals surface area (Å²) in [5, 5.41) is 0. The van der Waals surface area contributed by atoms with Gasteiger partial charge in [-0.05, 0) is 51.2 Å². The van der Waals surface area contributed by atoms with E-state index in [-0.39, 0.29) is 5.54 Å². The number of hydrogen-bond donors (Lipinski definition) is 1. The topological polar surface area (TPSA) is 32.5 Å². The number of rotatable bonds is 6. The molecule has 2 fully saturated rings. The molecule has 3 heteroatoms. The van der Waals surface area contributed by atoms with Crippen molar-refractivity contribution in [1.82, 2.24) is 9.80 Å². The molecule has 118 valence electrons. The molecule has 0 bridgehead atoms. The molecule has 3 nitrogen and oxygen atoms in total. The van der Waals surface area contributed by atoms with Gasteiger partial charge >= 0.3 is 0 Å². The van der Waals surface area contributed by atoms with E-state index < -0.39 is 0 Å². The fourth-order valence-corrected chi connectivity index (χ4v) is 4.23. The monoisotopic (exact) mass is 281 g/mol. The molecule has 1 aliphatic heterocycles. The summed E-state index contributed by atoms with van der Waals surface area (Å²) in [7, 11) is 0. The van der Waals surface area contributed by atoms with Crippen LogP contribution in [-0.4, -0.2) is 54.1 Å². The molecule has 0 aromatic rings. The molecule has 0 amide bonds. The molecule has 20 heavy (non-hydrogen) atoms. The largest absolute Gasteiger partial charge is 0.329 e. The third-order valence-electron chi connectivity index (χ3n) is 5.55. The van der Waals surface area contributed by atoms with Crippen LogP contribution in [0.3, 0.4) is 0 Å². The lowest BCUT2D eigenvalue weighted by atomic mass is 9.83. The van der Waals surface area contributed by atoms with Crippen molar-refractivity contribution in [3.63, 3.8) is 0 Å². The minimum absolute atomic E-state index is 0.283. The Balaban J connectivity index is 2.11. The van der Waals surface area contributed by atoms with E-state index in [1.165, 1.54) is 64.7 Å². The average molecular weight is 281 g/mol. The van der Waals surface area contributed by atoms with E-state index in [1.54, 1.807) is 0 Å². The lowest BCUT2D eigenvalue weighted by molar-refractivity contribution is -0.00877. The first-order valence-corrected chi connectivity index (χ1v) is 8.80. The van der Waals surface area contributed by atoms with E-state index in [9.17, 15) is 0 Å². The van der Waals surface area contributed by atoms with Crippen LogP contribution in [-0.2, 0) is 0 Å². The van der Waals surface area contributed by atoms with E-state index in [4.69, 9.17) is 5.73 Å². The molecular weight excluding hydrogens is 246 g/mol. The zero-order chi connectivity index (χ0) is 14.6. The molecule has 2 N–H and O–H groups in total. The SMILES string of the molecule is CCN1CCC(CN)(N(CC(C)C)C2CCCC2)CC1.